The van der Waals surface area contributed by atoms with Crippen molar-refractivity contribution in [2.24, 2.45) is 5.73 Å². The minimum atomic E-state index is -0.202. The molecule has 7 heteroatoms. The highest BCUT2D eigenvalue weighted by molar-refractivity contribution is 4.51. The Hall–Kier alpha value is -0.280. The number of nitrogens with two attached hydrogens (primary N) is 1. The topological polar surface area (TPSA) is 77.8 Å². The molecule has 0 aliphatic heterocycles. The third-order valence-electron chi connectivity index (χ3n) is 2.34. The lowest BCUT2D eigenvalue weighted by Gasteiger charge is -2.28. The van der Waals surface area contributed by atoms with E-state index in [2.05, 4.69) is 10.6 Å². The molecule has 0 spiro atoms. The molecule has 0 heterocycles. The van der Waals surface area contributed by atoms with Crippen LogP contribution in [0.15, 0.2) is 0 Å². The first kappa shape index (κ1) is 18.7. The van der Waals surface area contributed by atoms with E-state index < -0.39 is 0 Å². The highest BCUT2D eigenvalue weighted by Gasteiger charge is 2.33. The summed E-state index contributed by atoms with van der Waals surface area (Å²) >= 11 is 0. The van der Waals surface area contributed by atoms with Crippen LogP contribution in [0.1, 0.15) is 20.8 Å². The van der Waals surface area contributed by atoms with Gasteiger partial charge in [0.25, 0.3) is 0 Å². The number of quaternary nitrogens is 1. The molecule has 0 radical (unpaired) electrons. The number of hydrogen-bond acceptors (Lipinski definition) is 6. The molecule has 4 N–H and O–H groups in total. The molecule has 0 atom stereocenters. The van der Waals surface area contributed by atoms with Crippen molar-refractivity contribution in [2.45, 2.75) is 20.8 Å². The molecule has 0 fully saturated rings. The van der Waals surface area contributed by atoms with Gasteiger partial charge < -0.3 is 16.4 Å². The Balaban J connectivity index is 3.89. The van der Waals surface area contributed by atoms with Gasteiger partial charge in [0.15, 0.2) is 6.54 Å². The summed E-state index contributed by atoms with van der Waals surface area (Å²) < 4.78 is 0. The van der Waals surface area contributed by atoms with E-state index in [-0.39, 0.29) is 4.97 Å². The van der Waals surface area contributed by atoms with E-state index >= 15 is 0 Å². The van der Waals surface area contributed by atoms with Crippen LogP contribution >= 0.6 is 0 Å². The fourth-order valence-corrected chi connectivity index (χ4v) is 1.64. The van der Waals surface area contributed by atoms with E-state index in [1.54, 1.807) is 0 Å². The van der Waals surface area contributed by atoms with Crippen LogP contribution in [-0.2, 0) is 14.5 Å². The van der Waals surface area contributed by atoms with Gasteiger partial charge in [-0.3, -0.25) is 0 Å². The van der Waals surface area contributed by atoms with Crippen molar-refractivity contribution < 1.29 is 19.5 Å². The molecule has 0 aliphatic carbocycles. The van der Waals surface area contributed by atoms with Gasteiger partial charge in [-0.25, -0.2) is 0 Å². The molecule has 0 unspecified atom stereocenters. The number of nitrogens with zero attached hydrogens (tertiary/aromatic N) is 1. The Morgan fingerprint density at radius 2 is 1.26 bits per heavy atom. The molecule has 19 heavy (non-hydrogen) atoms. The van der Waals surface area contributed by atoms with E-state index in [9.17, 15) is 0 Å². The van der Waals surface area contributed by atoms with Crippen LogP contribution in [0.2, 0.25) is 0 Å². The lowest BCUT2D eigenvalue weighted by Crippen LogP contribution is -2.51. The smallest absolute Gasteiger partial charge is 0.190 e. The van der Waals surface area contributed by atoms with Crippen molar-refractivity contribution in [2.75, 3.05) is 59.1 Å². The van der Waals surface area contributed by atoms with E-state index in [0.29, 0.717) is 32.9 Å². The molecule has 116 valence electrons. The fraction of sp³-hybridized carbons (Fsp3) is 1.00. The van der Waals surface area contributed by atoms with Gasteiger partial charge in [0, 0.05) is 26.2 Å². The predicted molar refractivity (Wildman–Crippen MR) is 74.8 cm³/mol. The molecule has 0 saturated carbocycles. The zero-order valence-corrected chi connectivity index (χ0v) is 12.6. The average Bonchev–Trinajstić information content (AvgIpc) is 2.39. The van der Waals surface area contributed by atoms with Crippen LogP contribution in [0.5, 0.6) is 0 Å². The van der Waals surface area contributed by atoms with Gasteiger partial charge in [-0.15, -0.1) is 14.5 Å². The summed E-state index contributed by atoms with van der Waals surface area (Å²) in [5, 5.41) is 6.54. The van der Waals surface area contributed by atoms with Crippen LogP contribution < -0.4 is 16.4 Å². The molecule has 0 aromatic heterocycles. The molecule has 0 saturated heterocycles. The van der Waals surface area contributed by atoms with E-state index in [0.717, 1.165) is 26.2 Å². The lowest BCUT2D eigenvalue weighted by molar-refractivity contribution is -1.37. The Bertz CT molecular complexity index is 179. The second-order valence-electron chi connectivity index (χ2n) is 3.88. The number of hydroxylamine groups is 3. The van der Waals surface area contributed by atoms with Crippen LogP contribution in [0.25, 0.3) is 0 Å². The van der Waals surface area contributed by atoms with E-state index in [4.69, 9.17) is 20.2 Å². The third kappa shape index (κ3) is 9.28. The zero-order chi connectivity index (χ0) is 14.4. The summed E-state index contributed by atoms with van der Waals surface area (Å²) in [6.45, 7) is 12.0. The molecule has 0 aromatic carbocycles. The minimum Gasteiger partial charge on any atom is -0.329 e. The quantitative estimate of drug-likeness (QED) is 0.232. The third-order valence-corrected chi connectivity index (χ3v) is 2.34. The maximum absolute atomic E-state index is 5.58. The normalized spacial score (nSPS) is 12.0. The molecular formula is C12H31N4O3+. The molecule has 0 aromatic rings. The van der Waals surface area contributed by atoms with Gasteiger partial charge in [0.05, 0.1) is 11.5 Å². The van der Waals surface area contributed by atoms with Crippen LogP contribution in [0.4, 0.5) is 0 Å². The van der Waals surface area contributed by atoms with Gasteiger partial charge in [-0.2, -0.15) is 0 Å². The van der Waals surface area contributed by atoms with Gasteiger partial charge in [0.2, 0.25) is 0 Å². The largest absolute Gasteiger partial charge is 0.329 e. The minimum absolute atomic E-state index is 0.202. The van der Waals surface area contributed by atoms with Crippen LogP contribution in [0.3, 0.4) is 0 Å². The Morgan fingerprint density at radius 1 is 0.789 bits per heavy atom. The monoisotopic (exact) mass is 279 g/mol. The van der Waals surface area contributed by atoms with Crippen molar-refractivity contribution in [3.63, 3.8) is 0 Å². The summed E-state index contributed by atoms with van der Waals surface area (Å²) in [5.41, 5.74) is 5.39. The molecular weight excluding hydrogens is 248 g/mol. The number of nitrogens with one attached hydrogen (secondary N) is 2. The van der Waals surface area contributed by atoms with Gasteiger partial charge in [-0.05, 0) is 20.8 Å². The number of hydrogen-bond donors (Lipinski definition) is 3. The first-order valence-corrected chi connectivity index (χ1v) is 7.17. The van der Waals surface area contributed by atoms with Crippen molar-refractivity contribution in [3.05, 3.63) is 0 Å². The second-order valence-corrected chi connectivity index (χ2v) is 3.88. The highest BCUT2D eigenvalue weighted by Crippen LogP contribution is 2.10. The van der Waals surface area contributed by atoms with E-state index in [1.807, 2.05) is 20.8 Å². The standard InChI is InChI=1S/C12H31N4O3/c1-4-17-16(18-5-2,19-6-3)12-11-15-10-9-14-8-7-13/h14-15H,4-13H2,1-3H3/q+1. The maximum atomic E-state index is 5.58. The molecule has 0 aliphatic rings. The summed E-state index contributed by atoms with van der Waals surface area (Å²) in [6, 6.07) is 0. The SMILES string of the molecule is CCO[N+](CCNCCNCCN)(OCC)OCC. The number of rotatable bonds is 14. The maximum Gasteiger partial charge on any atom is 0.190 e. The molecule has 0 amide bonds. The Kier molecular flexibility index (Phi) is 12.6. The highest BCUT2D eigenvalue weighted by atomic mass is 17.2. The average molecular weight is 279 g/mol. The molecule has 7 nitrogen and oxygen atoms in total. The summed E-state index contributed by atoms with van der Waals surface area (Å²) in [5.74, 6) is 0. The Labute approximate surface area is 116 Å². The summed E-state index contributed by atoms with van der Waals surface area (Å²) in [7, 11) is 0. The van der Waals surface area contributed by atoms with Gasteiger partial charge in [0.1, 0.15) is 19.8 Å². The van der Waals surface area contributed by atoms with Crippen LogP contribution in [-0.4, -0.2) is 64.1 Å². The van der Waals surface area contributed by atoms with Gasteiger partial charge >= 0.3 is 0 Å². The van der Waals surface area contributed by atoms with E-state index in [1.165, 1.54) is 0 Å². The van der Waals surface area contributed by atoms with Crippen molar-refractivity contribution in [3.8, 4) is 0 Å². The predicted octanol–water partition coefficient (Wildman–Crippen LogP) is -0.204. The van der Waals surface area contributed by atoms with Gasteiger partial charge in [-0.1, -0.05) is 0 Å². The van der Waals surface area contributed by atoms with Crippen molar-refractivity contribution in [1.29, 1.82) is 0 Å². The van der Waals surface area contributed by atoms with Crippen LogP contribution in [0, 0.1) is 0 Å². The summed E-state index contributed by atoms with van der Waals surface area (Å²) in [6.07, 6.45) is 0. The first-order chi connectivity index (χ1) is 9.24. The molecule has 0 rings (SSSR count). The van der Waals surface area contributed by atoms with Crippen molar-refractivity contribution >= 4 is 0 Å². The summed E-state index contributed by atoms with van der Waals surface area (Å²) in [4.78, 5) is 16.5. The Morgan fingerprint density at radius 3 is 1.68 bits per heavy atom. The molecule has 0 bridgehead atoms. The lowest BCUT2D eigenvalue weighted by atomic mass is 10.5. The van der Waals surface area contributed by atoms with Crippen molar-refractivity contribution in [1.82, 2.24) is 10.6 Å². The first-order valence-electron chi connectivity index (χ1n) is 7.17. The second kappa shape index (κ2) is 12.7. The zero-order valence-electron chi connectivity index (χ0n) is 12.6. The fourth-order valence-electron chi connectivity index (χ4n) is 1.64.